The van der Waals surface area contributed by atoms with E-state index in [0.717, 1.165) is 88.0 Å². The second-order valence-corrected chi connectivity index (χ2v) is 13.8. The Hall–Kier alpha value is -1.84. The average molecular weight is 497 g/mol. The van der Waals surface area contributed by atoms with Gasteiger partial charge in [-0.2, -0.15) is 0 Å². The molecule has 0 radical (unpaired) electrons. The van der Waals surface area contributed by atoms with Gasteiger partial charge in [-0.05, 0) is 111 Å². The van der Waals surface area contributed by atoms with Crippen molar-refractivity contribution in [3.8, 4) is 0 Å². The van der Waals surface area contributed by atoms with E-state index >= 15 is 0 Å². The van der Waals surface area contributed by atoms with E-state index in [-0.39, 0.29) is 23.9 Å². The molecule has 36 heavy (non-hydrogen) atoms. The van der Waals surface area contributed by atoms with Crippen LogP contribution in [0.2, 0.25) is 0 Å². The third-order valence-corrected chi connectivity index (χ3v) is 8.91. The van der Waals surface area contributed by atoms with Gasteiger partial charge in [-0.15, -0.1) is 0 Å². The maximum atomic E-state index is 13.3. The monoisotopic (exact) mass is 496 g/mol. The molecule has 2 aliphatic carbocycles. The zero-order valence-electron chi connectivity index (χ0n) is 24.1. The maximum absolute atomic E-state index is 13.3. The van der Waals surface area contributed by atoms with Crippen molar-refractivity contribution in [2.45, 2.75) is 131 Å². The van der Waals surface area contributed by atoms with Gasteiger partial charge in [0.15, 0.2) is 0 Å². The van der Waals surface area contributed by atoms with E-state index in [1.54, 1.807) is 0 Å². The Labute approximate surface area is 220 Å². The highest BCUT2D eigenvalue weighted by atomic mass is 16.2. The third-order valence-electron chi connectivity index (χ3n) is 8.91. The molecule has 0 heterocycles. The molecular weight excluding hydrogens is 444 g/mol. The summed E-state index contributed by atoms with van der Waals surface area (Å²) in [5, 5.41) is 6.57. The highest BCUT2D eigenvalue weighted by Gasteiger charge is 2.32. The molecule has 0 unspecified atom stereocenters. The van der Waals surface area contributed by atoms with Crippen LogP contribution in [0.1, 0.15) is 139 Å². The van der Waals surface area contributed by atoms with Crippen molar-refractivity contribution in [3.05, 3.63) is 34.9 Å². The summed E-state index contributed by atoms with van der Waals surface area (Å²) >= 11 is 0. The van der Waals surface area contributed by atoms with Gasteiger partial charge in [-0.3, -0.25) is 9.59 Å². The Balaban J connectivity index is 1.65. The van der Waals surface area contributed by atoms with E-state index in [1.165, 1.54) is 0 Å². The number of nitrogens with one attached hydrogen (secondary N) is 2. The van der Waals surface area contributed by atoms with Crippen molar-refractivity contribution < 1.29 is 9.59 Å². The van der Waals surface area contributed by atoms with Gasteiger partial charge in [-0.25, -0.2) is 0 Å². The molecule has 0 spiro atoms. The summed E-state index contributed by atoms with van der Waals surface area (Å²) in [7, 11) is 0. The predicted molar refractivity (Wildman–Crippen MR) is 150 cm³/mol. The first-order chi connectivity index (χ1) is 16.9. The van der Waals surface area contributed by atoms with Crippen LogP contribution in [0.5, 0.6) is 0 Å². The standard InChI is InChI=1S/C32H52N2O2/c1-8-9-10-22-19-23(29(35)33-27-15-11-25(12-16-27)31(2,3)4)21-24(20-22)30(36)34-28-17-13-26(14-18-28)32(5,6)7/h19-21,25-28H,8-18H2,1-7H3,(H,33,35)(H,34,36). The van der Waals surface area contributed by atoms with Gasteiger partial charge in [0.05, 0.1) is 0 Å². The minimum absolute atomic E-state index is 0.0349. The molecule has 2 aliphatic rings. The highest BCUT2D eigenvalue weighted by molar-refractivity contribution is 6.00. The summed E-state index contributed by atoms with van der Waals surface area (Å²) in [6, 6.07) is 6.26. The molecule has 1 aromatic rings. The van der Waals surface area contributed by atoms with Crippen molar-refractivity contribution in [1.82, 2.24) is 10.6 Å². The molecule has 4 heteroatoms. The van der Waals surface area contributed by atoms with Gasteiger partial charge in [0.2, 0.25) is 0 Å². The van der Waals surface area contributed by atoms with Crippen LogP contribution in [0.25, 0.3) is 0 Å². The number of hydrogen-bond donors (Lipinski definition) is 2. The van der Waals surface area contributed by atoms with Crippen LogP contribution in [0.4, 0.5) is 0 Å². The molecule has 1 aromatic carbocycles. The summed E-state index contributed by atoms with van der Waals surface area (Å²) in [6.07, 6.45) is 11.8. The zero-order valence-corrected chi connectivity index (χ0v) is 24.1. The molecule has 2 fully saturated rings. The molecule has 2 N–H and O–H groups in total. The van der Waals surface area contributed by atoms with Crippen LogP contribution in [0.3, 0.4) is 0 Å². The lowest BCUT2D eigenvalue weighted by Gasteiger charge is -2.37. The minimum atomic E-state index is -0.0349. The quantitative estimate of drug-likeness (QED) is 0.406. The number of benzene rings is 1. The minimum Gasteiger partial charge on any atom is -0.349 e. The molecule has 0 bridgehead atoms. The van der Waals surface area contributed by atoms with Crippen molar-refractivity contribution in [2.24, 2.45) is 22.7 Å². The first-order valence-corrected chi connectivity index (χ1v) is 14.6. The van der Waals surface area contributed by atoms with Crippen LogP contribution < -0.4 is 10.6 Å². The topological polar surface area (TPSA) is 58.2 Å². The summed E-state index contributed by atoms with van der Waals surface area (Å²) in [4.78, 5) is 26.5. The molecule has 202 valence electrons. The zero-order chi connectivity index (χ0) is 26.5. The van der Waals surface area contributed by atoms with Crippen LogP contribution in [0, 0.1) is 22.7 Å². The van der Waals surface area contributed by atoms with Crippen LogP contribution in [0.15, 0.2) is 18.2 Å². The smallest absolute Gasteiger partial charge is 0.251 e. The molecule has 3 rings (SSSR count). The van der Waals surface area contributed by atoms with Gasteiger partial charge in [-0.1, -0.05) is 54.9 Å². The third kappa shape index (κ3) is 8.08. The van der Waals surface area contributed by atoms with Gasteiger partial charge in [0.1, 0.15) is 0 Å². The first kappa shape index (κ1) is 28.7. The fourth-order valence-corrected chi connectivity index (χ4v) is 6.22. The average Bonchev–Trinajstić information content (AvgIpc) is 2.82. The molecule has 0 saturated heterocycles. The number of carbonyl (C=O) groups excluding carboxylic acids is 2. The van der Waals surface area contributed by atoms with Gasteiger partial charge in [0.25, 0.3) is 11.8 Å². The lowest BCUT2D eigenvalue weighted by Crippen LogP contribution is -2.40. The van der Waals surface area contributed by atoms with E-state index in [1.807, 2.05) is 18.2 Å². The molecule has 4 nitrogen and oxygen atoms in total. The lowest BCUT2D eigenvalue weighted by molar-refractivity contribution is 0.0902. The van der Waals surface area contributed by atoms with E-state index in [2.05, 4.69) is 59.1 Å². The second-order valence-electron chi connectivity index (χ2n) is 13.8. The summed E-state index contributed by atoms with van der Waals surface area (Å²) in [5.41, 5.74) is 3.00. The second kappa shape index (κ2) is 12.1. The van der Waals surface area contributed by atoms with E-state index in [0.29, 0.717) is 22.0 Å². The van der Waals surface area contributed by atoms with Crippen molar-refractivity contribution in [2.75, 3.05) is 0 Å². The Morgan fingerprint density at radius 1 is 0.694 bits per heavy atom. The van der Waals surface area contributed by atoms with Gasteiger partial charge < -0.3 is 10.6 Å². The molecule has 0 atom stereocenters. The fraction of sp³-hybridized carbons (Fsp3) is 0.750. The Kier molecular flexibility index (Phi) is 9.68. The number of carbonyl (C=O) groups is 2. The van der Waals surface area contributed by atoms with Crippen LogP contribution in [-0.4, -0.2) is 23.9 Å². The fourth-order valence-electron chi connectivity index (χ4n) is 6.22. The van der Waals surface area contributed by atoms with Crippen molar-refractivity contribution >= 4 is 11.8 Å². The number of rotatable bonds is 7. The molecule has 2 amide bonds. The number of aryl methyl sites for hydroxylation is 1. The number of hydrogen-bond acceptors (Lipinski definition) is 2. The van der Waals surface area contributed by atoms with Gasteiger partial charge in [0, 0.05) is 23.2 Å². The molecular formula is C32H52N2O2. The van der Waals surface area contributed by atoms with Crippen LogP contribution >= 0.6 is 0 Å². The maximum Gasteiger partial charge on any atom is 0.251 e. The molecule has 0 aromatic heterocycles. The summed E-state index contributed by atoms with van der Waals surface area (Å²) in [5.74, 6) is 1.37. The predicted octanol–water partition coefficient (Wildman–Crippen LogP) is 7.70. The lowest BCUT2D eigenvalue weighted by atomic mass is 9.71. The molecule has 2 saturated carbocycles. The number of amides is 2. The summed E-state index contributed by atoms with van der Waals surface area (Å²) < 4.78 is 0. The normalized spacial score (nSPS) is 25.3. The molecule has 0 aliphatic heterocycles. The Morgan fingerprint density at radius 2 is 1.08 bits per heavy atom. The largest absolute Gasteiger partial charge is 0.349 e. The van der Waals surface area contributed by atoms with Gasteiger partial charge >= 0.3 is 0 Å². The van der Waals surface area contributed by atoms with Crippen molar-refractivity contribution in [3.63, 3.8) is 0 Å². The summed E-state index contributed by atoms with van der Waals surface area (Å²) in [6.45, 7) is 16.1. The Bertz CT molecular complexity index is 810. The highest BCUT2D eigenvalue weighted by Crippen LogP contribution is 2.38. The van der Waals surface area contributed by atoms with E-state index in [4.69, 9.17) is 0 Å². The van der Waals surface area contributed by atoms with E-state index in [9.17, 15) is 9.59 Å². The first-order valence-electron chi connectivity index (χ1n) is 14.6. The number of unbranched alkanes of at least 4 members (excludes halogenated alkanes) is 1. The van der Waals surface area contributed by atoms with Crippen LogP contribution in [-0.2, 0) is 6.42 Å². The van der Waals surface area contributed by atoms with E-state index < -0.39 is 0 Å². The SMILES string of the molecule is CCCCc1cc(C(=O)NC2CCC(C(C)(C)C)CC2)cc(C(=O)NC2CCC(C(C)(C)C)CC2)c1. The Morgan fingerprint density at radius 3 is 1.42 bits per heavy atom. The van der Waals surface area contributed by atoms with Crippen molar-refractivity contribution in [1.29, 1.82) is 0 Å².